The van der Waals surface area contributed by atoms with Gasteiger partial charge in [-0.05, 0) is 62.6 Å². The minimum Gasteiger partial charge on any atom is -0.497 e. The average molecular weight is 441 g/mol. The number of esters is 1. The largest absolute Gasteiger partial charge is 0.497 e. The molecule has 2 aromatic carbocycles. The van der Waals surface area contributed by atoms with Crippen molar-refractivity contribution in [3.8, 4) is 17.6 Å². The van der Waals surface area contributed by atoms with Crippen LogP contribution in [-0.4, -0.2) is 49.6 Å². The van der Waals surface area contributed by atoms with Crippen LogP contribution in [0.1, 0.15) is 37.5 Å². The van der Waals surface area contributed by atoms with Gasteiger partial charge in [-0.3, -0.25) is 4.79 Å². The Hall–Kier alpha value is -3.08. The molecule has 2 aromatic rings. The molecule has 1 unspecified atom stereocenters. The third-order valence-corrected chi connectivity index (χ3v) is 4.87. The number of β-amino-alcohol motifs (C(OH)–C–C–N with tert-alkyl or cyclic N) is 1. The highest BCUT2D eigenvalue weighted by atomic mass is 16.5. The van der Waals surface area contributed by atoms with Gasteiger partial charge in [-0.25, -0.2) is 0 Å². The van der Waals surface area contributed by atoms with E-state index in [4.69, 9.17) is 14.2 Å². The number of hydrogen-bond acceptors (Lipinski definition) is 7. The van der Waals surface area contributed by atoms with Gasteiger partial charge in [0.15, 0.2) is 0 Å². The molecule has 1 atom stereocenters. The minimum absolute atomic E-state index is 0.0392. The first-order valence-corrected chi connectivity index (χ1v) is 10.6. The summed E-state index contributed by atoms with van der Waals surface area (Å²) in [5.74, 6) is 0.846. The molecule has 7 nitrogen and oxygen atoms in total. The van der Waals surface area contributed by atoms with E-state index in [0.717, 1.165) is 17.7 Å². The van der Waals surface area contributed by atoms with Crippen LogP contribution < -0.4 is 14.8 Å². The topological polar surface area (TPSA) is 101 Å². The number of carbonyl (C=O) groups is 1. The third kappa shape index (κ3) is 8.22. The molecular weight excluding hydrogens is 408 g/mol. The van der Waals surface area contributed by atoms with Gasteiger partial charge in [0, 0.05) is 12.1 Å². The number of rotatable bonds is 12. The van der Waals surface area contributed by atoms with Crippen LogP contribution in [-0.2, 0) is 22.4 Å². The molecule has 0 fully saturated rings. The first kappa shape index (κ1) is 25.2. The monoisotopic (exact) mass is 440 g/mol. The van der Waals surface area contributed by atoms with Gasteiger partial charge in [-0.15, -0.1) is 0 Å². The molecule has 0 radical (unpaired) electrons. The molecule has 7 heteroatoms. The van der Waals surface area contributed by atoms with Crippen molar-refractivity contribution < 1.29 is 24.1 Å². The molecule has 0 bridgehead atoms. The van der Waals surface area contributed by atoms with Crippen LogP contribution in [0.3, 0.4) is 0 Å². The Labute approximate surface area is 189 Å². The lowest BCUT2D eigenvalue weighted by molar-refractivity contribution is -0.142. The van der Waals surface area contributed by atoms with Gasteiger partial charge >= 0.3 is 5.97 Å². The molecule has 0 spiro atoms. The van der Waals surface area contributed by atoms with Crippen LogP contribution in [0.5, 0.6) is 11.5 Å². The van der Waals surface area contributed by atoms with Crippen molar-refractivity contribution in [3.63, 3.8) is 0 Å². The SMILES string of the molecule is CCOC(=O)Cc1ccc(OCC(O)CNC(C)(C)Cc2ccc(OC)cc2)c(C#N)c1. The lowest BCUT2D eigenvalue weighted by Crippen LogP contribution is -2.46. The zero-order chi connectivity index (χ0) is 23.6. The van der Waals surface area contributed by atoms with Crippen LogP contribution in [0.2, 0.25) is 0 Å². The molecule has 0 amide bonds. The van der Waals surface area contributed by atoms with Crippen molar-refractivity contribution in [1.82, 2.24) is 5.32 Å². The highest BCUT2D eigenvalue weighted by Crippen LogP contribution is 2.21. The number of aliphatic hydroxyl groups is 1. The number of benzene rings is 2. The van der Waals surface area contributed by atoms with E-state index in [1.165, 1.54) is 0 Å². The van der Waals surface area contributed by atoms with Gasteiger partial charge in [0.1, 0.15) is 30.3 Å². The predicted molar refractivity (Wildman–Crippen MR) is 122 cm³/mol. The predicted octanol–water partition coefficient (Wildman–Crippen LogP) is 3.02. The molecule has 0 saturated carbocycles. The Balaban J connectivity index is 1.85. The zero-order valence-electron chi connectivity index (χ0n) is 19.2. The first-order valence-electron chi connectivity index (χ1n) is 10.6. The Morgan fingerprint density at radius 3 is 2.50 bits per heavy atom. The molecule has 0 aliphatic rings. The fraction of sp³-hybridized carbons (Fsp3) is 0.440. The molecule has 0 heterocycles. The quantitative estimate of drug-likeness (QED) is 0.489. The van der Waals surface area contributed by atoms with Gasteiger partial charge in [0.05, 0.1) is 25.7 Å². The number of ether oxygens (including phenoxy) is 3. The summed E-state index contributed by atoms with van der Waals surface area (Å²) in [6.45, 7) is 6.58. The maximum Gasteiger partial charge on any atom is 0.310 e. The maximum absolute atomic E-state index is 11.6. The summed E-state index contributed by atoms with van der Waals surface area (Å²) < 4.78 is 15.8. The second-order valence-corrected chi connectivity index (χ2v) is 8.18. The summed E-state index contributed by atoms with van der Waals surface area (Å²) in [4.78, 5) is 11.6. The molecule has 0 aliphatic carbocycles. The Bertz CT molecular complexity index is 919. The van der Waals surface area contributed by atoms with Crippen molar-refractivity contribution in [2.75, 3.05) is 26.9 Å². The number of carbonyl (C=O) groups excluding carboxylic acids is 1. The number of nitriles is 1. The van der Waals surface area contributed by atoms with Gasteiger partial charge in [-0.2, -0.15) is 5.26 Å². The van der Waals surface area contributed by atoms with E-state index in [-0.39, 0.29) is 24.5 Å². The standard InChI is InChI=1S/C25H32N2O5/c1-5-31-24(29)13-19-8-11-23(20(12-19)15-26)32-17-21(28)16-27-25(2,3)14-18-6-9-22(30-4)10-7-18/h6-12,21,27-28H,5,13-14,16-17H2,1-4H3. The molecule has 0 aliphatic heterocycles. The smallest absolute Gasteiger partial charge is 0.310 e. The summed E-state index contributed by atoms with van der Waals surface area (Å²) in [7, 11) is 1.64. The lowest BCUT2D eigenvalue weighted by Gasteiger charge is -2.28. The summed E-state index contributed by atoms with van der Waals surface area (Å²) in [6.07, 6.45) is 0.125. The van der Waals surface area contributed by atoms with Gasteiger partial charge in [0.25, 0.3) is 0 Å². The maximum atomic E-state index is 11.6. The second kappa shape index (κ2) is 12.1. The van der Waals surface area contributed by atoms with Crippen LogP contribution in [0.25, 0.3) is 0 Å². The number of aliphatic hydroxyl groups excluding tert-OH is 1. The summed E-state index contributed by atoms with van der Waals surface area (Å²) in [5.41, 5.74) is 1.92. The number of nitrogens with one attached hydrogen (secondary N) is 1. The van der Waals surface area contributed by atoms with Gasteiger partial charge in [0.2, 0.25) is 0 Å². The second-order valence-electron chi connectivity index (χ2n) is 8.18. The third-order valence-electron chi connectivity index (χ3n) is 4.87. The number of hydrogen-bond donors (Lipinski definition) is 2. The molecule has 32 heavy (non-hydrogen) atoms. The average Bonchev–Trinajstić information content (AvgIpc) is 2.77. The number of methoxy groups -OCH3 is 1. The zero-order valence-corrected chi connectivity index (χ0v) is 19.2. The summed E-state index contributed by atoms with van der Waals surface area (Å²) in [5, 5.41) is 23.1. The summed E-state index contributed by atoms with van der Waals surface area (Å²) in [6, 6.07) is 14.9. The molecule has 2 N–H and O–H groups in total. The highest BCUT2D eigenvalue weighted by Gasteiger charge is 2.20. The molecular formula is C25H32N2O5. The first-order chi connectivity index (χ1) is 15.3. The lowest BCUT2D eigenvalue weighted by atomic mass is 9.94. The van der Waals surface area contributed by atoms with Crippen LogP contribution in [0.15, 0.2) is 42.5 Å². The van der Waals surface area contributed by atoms with Gasteiger partial charge in [-0.1, -0.05) is 18.2 Å². The van der Waals surface area contributed by atoms with E-state index in [0.29, 0.717) is 30.0 Å². The van der Waals surface area contributed by atoms with E-state index in [2.05, 4.69) is 25.2 Å². The fourth-order valence-electron chi connectivity index (χ4n) is 3.23. The van der Waals surface area contributed by atoms with Crippen LogP contribution in [0.4, 0.5) is 0 Å². The van der Waals surface area contributed by atoms with Crippen molar-refractivity contribution in [3.05, 3.63) is 59.2 Å². The van der Waals surface area contributed by atoms with Crippen molar-refractivity contribution in [2.24, 2.45) is 0 Å². The molecule has 2 rings (SSSR count). The highest BCUT2D eigenvalue weighted by molar-refractivity contribution is 5.72. The van der Waals surface area contributed by atoms with Gasteiger partial charge < -0.3 is 24.6 Å². The normalized spacial score (nSPS) is 12.0. The Kier molecular flexibility index (Phi) is 9.51. The molecule has 0 saturated heterocycles. The van der Waals surface area contributed by atoms with Crippen molar-refractivity contribution >= 4 is 5.97 Å². The van der Waals surface area contributed by atoms with E-state index < -0.39 is 6.10 Å². The van der Waals surface area contributed by atoms with Crippen molar-refractivity contribution in [1.29, 1.82) is 5.26 Å². The van der Waals surface area contributed by atoms with Crippen LogP contribution >= 0.6 is 0 Å². The van der Waals surface area contributed by atoms with E-state index in [1.54, 1.807) is 32.2 Å². The van der Waals surface area contributed by atoms with E-state index >= 15 is 0 Å². The summed E-state index contributed by atoms with van der Waals surface area (Å²) >= 11 is 0. The van der Waals surface area contributed by atoms with E-state index in [1.807, 2.05) is 24.3 Å². The number of nitrogens with zero attached hydrogens (tertiary/aromatic N) is 1. The van der Waals surface area contributed by atoms with Crippen LogP contribution in [0, 0.1) is 11.3 Å². The Morgan fingerprint density at radius 2 is 1.88 bits per heavy atom. The van der Waals surface area contributed by atoms with Crippen molar-refractivity contribution in [2.45, 2.75) is 45.3 Å². The minimum atomic E-state index is -0.754. The molecule has 172 valence electrons. The Morgan fingerprint density at radius 1 is 1.19 bits per heavy atom. The van der Waals surface area contributed by atoms with E-state index in [9.17, 15) is 15.2 Å². The molecule has 0 aromatic heterocycles. The fourth-order valence-corrected chi connectivity index (χ4v) is 3.23.